The lowest BCUT2D eigenvalue weighted by atomic mass is 10.1. The number of amides is 1. The number of fused-ring (bicyclic) bond motifs is 3. The van der Waals surface area contributed by atoms with Crippen molar-refractivity contribution in [3.63, 3.8) is 0 Å². The molecule has 3 rings (SSSR count). The van der Waals surface area contributed by atoms with E-state index in [2.05, 4.69) is 5.32 Å². The number of sulfonamides is 1. The highest BCUT2D eigenvalue weighted by Crippen LogP contribution is 2.24. The van der Waals surface area contributed by atoms with E-state index in [1.165, 1.54) is 16.4 Å². The highest BCUT2D eigenvalue weighted by molar-refractivity contribution is 7.89. The summed E-state index contributed by atoms with van der Waals surface area (Å²) in [7, 11) is -3.99. The molecule has 2 atom stereocenters. The maximum Gasteiger partial charge on any atom is 0.246 e. The number of rotatable bonds is 2. The zero-order valence-corrected chi connectivity index (χ0v) is 12.9. The van der Waals surface area contributed by atoms with E-state index in [9.17, 15) is 17.6 Å². The number of ether oxygens (including phenoxy) is 1. The Labute approximate surface area is 128 Å². The number of carbonyl (C=O) groups is 1. The summed E-state index contributed by atoms with van der Waals surface area (Å²) in [4.78, 5) is 11.6. The minimum Gasteiger partial charge on any atom is -0.378 e. The second kappa shape index (κ2) is 5.60. The van der Waals surface area contributed by atoms with Gasteiger partial charge < -0.3 is 10.1 Å². The second-order valence-corrected chi connectivity index (χ2v) is 7.60. The molecular formula is C14H17FN2O4S. The smallest absolute Gasteiger partial charge is 0.246 e. The molecule has 22 heavy (non-hydrogen) atoms. The fraction of sp³-hybridized carbons (Fsp3) is 0.500. The van der Waals surface area contributed by atoms with Gasteiger partial charge in [-0.15, -0.1) is 0 Å². The molecule has 2 bridgehead atoms. The molecule has 1 aromatic rings. The van der Waals surface area contributed by atoms with E-state index in [4.69, 9.17) is 4.74 Å². The highest BCUT2D eigenvalue weighted by Gasteiger charge is 2.39. The minimum absolute atomic E-state index is 0.00200. The molecular weight excluding hydrogens is 311 g/mol. The molecule has 1 amide bonds. The summed E-state index contributed by atoms with van der Waals surface area (Å²) < 4.78 is 46.0. The first kappa shape index (κ1) is 15.4. The Balaban J connectivity index is 1.96. The van der Waals surface area contributed by atoms with Gasteiger partial charge in [0.05, 0.1) is 25.2 Å². The van der Waals surface area contributed by atoms with E-state index in [0.29, 0.717) is 5.56 Å². The van der Waals surface area contributed by atoms with Gasteiger partial charge in [-0.1, -0.05) is 6.07 Å². The van der Waals surface area contributed by atoms with E-state index in [0.717, 1.165) is 0 Å². The van der Waals surface area contributed by atoms with Crippen LogP contribution in [0.2, 0.25) is 0 Å². The SMILES string of the molecule is Cc1ccc(S(=O)(=O)N2C[C@H]3COC[C@@H](C2)C(=O)N3)c(F)c1. The molecule has 120 valence electrons. The van der Waals surface area contributed by atoms with Crippen molar-refractivity contribution in [3.8, 4) is 0 Å². The first-order chi connectivity index (χ1) is 10.4. The van der Waals surface area contributed by atoms with E-state index in [1.807, 2.05) is 0 Å². The molecule has 0 aromatic heterocycles. The number of hydrogen-bond donors (Lipinski definition) is 1. The van der Waals surface area contributed by atoms with Crippen molar-refractivity contribution >= 4 is 15.9 Å². The first-order valence-corrected chi connectivity index (χ1v) is 8.46. The van der Waals surface area contributed by atoms with Crippen molar-refractivity contribution in [2.24, 2.45) is 5.92 Å². The minimum atomic E-state index is -3.99. The first-order valence-electron chi connectivity index (χ1n) is 7.02. The van der Waals surface area contributed by atoms with E-state index in [1.54, 1.807) is 13.0 Å². The van der Waals surface area contributed by atoms with Crippen LogP contribution in [0.3, 0.4) is 0 Å². The fourth-order valence-electron chi connectivity index (χ4n) is 2.74. The summed E-state index contributed by atoms with van der Waals surface area (Å²) in [6.07, 6.45) is 0. The maximum absolute atomic E-state index is 14.1. The molecule has 6 nitrogen and oxygen atoms in total. The summed E-state index contributed by atoms with van der Waals surface area (Å²) >= 11 is 0. The lowest BCUT2D eigenvalue weighted by Crippen LogP contribution is -2.44. The molecule has 0 radical (unpaired) electrons. The number of carbonyl (C=O) groups excluding carboxylic acids is 1. The van der Waals surface area contributed by atoms with Crippen molar-refractivity contribution in [3.05, 3.63) is 29.6 Å². The number of benzene rings is 1. The summed E-state index contributed by atoms with van der Waals surface area (Å²) in [5, 5.41) is 2.75. The van der Waals surface area contributed by atoms with Crippen molar-refractivity contribution in [1.29, 1.82) is 0 Å². The van der Waals surface area contributed by atoms with Crippen LogP contribution in [0.1, 0.15) is 5.56 Å². The zero-order valence-electron chi connectivity index (χ0n) is 12.1. The van der Waals surface area contributed by atoms with Gasteiger partial charge in [-0.25, -0.2) is 12.8 Å². The van der Waals surface area contributed by atoms with Crippen LogP contribution in [-0.4, -0.2) is 51.0 Å². The molecule has 2 aliphatic rings. The van der Waals surface area contributed by atoms with Crippen LogP contribution in [-0.2, 0) is 19.6 Å². The van der Waals surface area contributed by atoms with E-state index >= 15 is 0 Å². The third kappa shape index (κ3) is 2.73. The maximum atomic E-state index is 14.1. The fourth-order valence-corrected chi connectivity index (χ4v) is 4.32. The van der Waals surface area contributed by atoms with Crippen molar-refractivity contribution in [2.75, 3.05) is 26.3 Å². The molecule has 2 saturated heterocycles. The van der Waals surface area contributed by atoms with Crippen LogP contribution in [0, 0.1) is 18.7 Å². The van der Waals surface area contributed by atoms with Gasteiger partial charge in [-0.3, -0.25) is 4.79 Å². The van der Waals surface area contributed by atoms with Gasteiger partial charge >= 0.3 is 0 Å². The molecule has 8 heteroatoms. The van der Waals surface area contributed by atoms with Gasteiger partial charge in [-0.2, -0.15) is 4.31 Å². The number of nitrogens with zero attached hydrogens (tertiary/aromatic N) is 1. The van der Waals surface area contributed by atoms with Crippen LogP contribution < -0.4 is 5.32 Å². The average Bonchev–Trinajstić information content (AvgIpc) is 2.66. The van der Waals surface area contributed by atoms with Crippen molar-refractivity contribution < 1.29 is 22.3 Å². The van der Waals surface area contributed by atoms with Crippen molar-refractivity contribution in [1.82, 2.24) is 9.62 Å². The van der Waals surface area contributed by atoms with Crippen molar-refractivity contribution in [2.45, 2.75) is 17.9 Å². The Bertz CT molecular complexity index is 707. The monoisotopic (exact) mass is 328 g/mol. The molecule has 1 N–H and O–H groups in total. The largest absolute Gasteiger partial charge is 0.378 e. The summed E-state index contributed by atoms with van der Waals surface area (Å²) in [5.74, 6) is -1.56. The number of halogens is 1. The Morgan fingerprint density at radius 2 is 2.09 bits per heavy atom. The second-order valence-electron chi connectivity index (χ2n) is 5.70. The quantitative estimate of drug-likeness (QED) is 0.845. The predicted molar refractivity (Wildman–Crippen MR) is 76.1 cm³/mol. The number of hydrogen-bond acceptors (Lipinski definition) is 4. The van der Waals surface area contributed by atoms with Crippen LogP contribution in [0.25, 0.3) is 0 Å². The van der Waals surface area contributed by atoms with Gasteiger partial charge in [-0.05, 0) is 24.6 Å². The van der Waals surface area contributed by atoms with Gasteiger partial charge in [0.15, 0.2) is 0 Å². The number of aryl methyl sites for hydroxylation is 1. The van der Waals surface area contributed by atoms with Crippen LogP contribution in [0.5, 0.6) is 0 Å². The normalized spacial score (nSPS) is 26.4. The van der Waals surface area contributed by atoms with Gasteiger partial charge in [0, 0.05) is 13.1 Å². The average molecular weight is 328 g/mol. The summed E-state index contributed by atoms with van der Waals surface area (Å²) in [6.45, 7) is 2.20. The molecule has 0 saturated carbocycles. The lowest BCUT2D eigenvalue weighted by Gasteiger charge is -2.27. The van der Waals surface area contributed by atoms with E-state index in [-0.39, 0.29) is 37.1 Å². The van der Waals surface area contributed by atoms with Crippen LogP contribution >= 0.6 is 0 Å². The topological polar surface area (TPSA) is 75.7 Å². The highest BCUT2D eigenvalue weighted by atomic mass is 32.2. The Morgan fingerprint density at radius 1 is 1.32 bits per heavy atom. The van der Waals surface area contributed by atoms with Gasteiger partial charge in [0.25, 0.3) is 0 Å². The molecule has 2 fully saturated rings. The van der Waals surface area contributed by atoms with Gasteiger partial charge in [0.1, 0.15) is 10.7 Å². The van der Waals surface area contributed by atoms with E-state index < -0.39 is 27.8 Å². The summed E-state index contributed by atoms with van der Waals surface area (Å²) in [5.41, 5.74) is 0.648. The molecule has 2 heterocycles. The molecule has 0 spiro atoms. The predicted octanol–water partition coefficient (Wildman–Crippen LogP) is 0.270. The molecule has 0 aliphatic carbocycles. The number of nitrogens with one attached hydrogen (secondary N) is 1. The van der Waals surface area contributed by atoms with Gasteiger partial charge in [0.2, 0.25) is 15.9 Å². The van der Waals surface area contributed by atoms with Crippen LogP contribution in [0.4, 0.5) is 4.39 Å². The Morgan fingerprint density at radius 3 is 2.82 bits per heavy atom. The molecule has 0 unspecified atom stereocenters. The third-order valence-corrected chi connectivity index (χ3v) is 5.77. The molecule has 1 aromatic carbocycles. The third-order valence-electron chi connectivity index (χ3n) is 3.91. The molecule has 2 aliphatic heterocycles. The zero-order chi connectivity index (χ0) is 15.9. The standard InChI is InChI=1S/C14H17FN2O4S/c1-9-2-3-13(12(15)4-9)22(19,20)17-5-10-7-21-8-11(6-17)16-14(10)18/h2-4,10-11H,5-8H2,1H3,(H,16,18)/t10-,11+/m1/s1. The lowest BCUT2D eigenvalue weighted by molar-refractivity contribution is -0.125. The summed E-state index contributed by atoms with van der Waals surface area (Å²) in [6, 6.07) is 3.61. The van der Waals surface area contributed by atoms with Crippen LogP contribution in [0.15, 0.2) is 23.1 Å². The Kier molecular flexibility index (Phi) is 3.92. The Hall–Kier alpha value is -1.51.